The maximum atomic E-state index is 13.0. The standard InChI is InChI=1S/C18H34N4O4.2ClH/c1-15(16(23)20-7-4-14-25-2)21-10-12-22(13-11-21)17(24)18(26-3)5-8-19-9-6-18;;/h15,19H,4-14H2,1-3H3,(H,20,23);2*1H. The number of nitrogens with zero attached hydrogens (tertiary/aromatic N) is 2. The molecule has 2 heterocycles. The first-order valence-corrected chi connectivity index (χ1v) is 9.60. The van der Waals surface area contributed by atoms with E-state index in [1.165, 1.54) is 0 Å². The van der Waals surface area contributed by atoms with Crippen LogP contribution in [0, 0.1) is 0 Å². The molecule has 1 atom stereocenters. The molecule has 2 aliphatic heterocycles. The predicted molar refractivity (Wildman–Crippen MR) is 113 cm³/mol. The summed E-state index contributed by atoms with van der Waals surface area (Å²) >= 11 is 0. The maximum Gasteiger partial charge on any atom is 0.254 e. The van der Waals surface area contributed by atoms with Gasteiger partial charge < -0.3 is 25.0 Å². The minimum Gasteiger partial charge on any atom is -0.385 e. The Labute approximate surface area is 180 Å². The zero-order chi connectivity index (χ0) is 19.0. The van der Waals surface area contributed by atoms with E-state index in [4.69, 9.17) is 9.47 Å². The van der Waals surface area contributed by atoms with Crippen LogP contribution in [-0.2, 0) is 19.1 Å². The summed E-state index contributed by atoms with van der Waals surface area (Å²) in [6, 6.07) is -0.190. The predicted octanol–water partition coefficient (Wildman–Crippen LogP) is 0.284. The topological polar surface area (TPSA) is 83.1 Å². The van der Waals surface area contributed by atoms with Crippen molar-refractivity contribution in [2.75, 3.05) is 66.6 Å². The average molecular weight is 443 g/mol. The first-order valence-electron chi connectivity index (χ1n) is 9.60. The van der Waals surface area contributed by atoms with E-state index in [1.54, 1.807) is 14.2 Å². The van der Waals surface area contributed by atoms with Crippen LogP contribution in [0.15, 0.2) is 0 Å². The monoisotopic (exact) mass is 442 g/mol. The van der Waals surface area contributed by atoms with E-state index in [0.717, 1.165) is 19.5 Å². The molecule has 2 N–H and O–H groups in total. The van der Waals surface area contributed by atoms with Crippen LogP contribution in [0.4, 0.5) is 0 Å². The van der Waals surface area contributed by atoms with Crippen LogP contribution >= 0.6 is 24.8 Å². The quantitative estimate of drug-likeness (QED) is 0.525. The number of rotatable bonds is 8. The minimum atomic E-state index is -0.683. The summed E-state index contributed by atoms with van der Waals surface area (Å²) in [4.78, 5) is 29.3. The van der Waals surface area contributed by atoms with Gasteiger partial charge in [0.1, 0.15) is 5.60 Å². The van der Waals surface area contributed by atoms with Crippen LogP contribution in [0.3, 0.4) is 0 Å². The van der Waals surface area contributed by atoms with Gasteiger partial charge in [0, 0.05) is 53.6 Å². The molecule has 0 radical (unpaired) electrons. The van der Waals surface area contributed by atoms with E-state index in [9.17, 15) is 9.59 Å². The van der Waals surface area contributed by atoms with Crippen LogP contribution in [0.5, 0.6) is 0 Å². The molecular formula is C18H36Cl2N4O4. The largest absolute Gasteiger partial charge is 0.385 e. The fourth-order valence-electron chi connectivity index (χ4n) is 3.68. The van der Waals surface area contributed by atoms with Gasteiger partial charge in [-0.15, -0.1) is 24.8 Å². The van der Waals surface area contributed by atoms with Crippen LogP contribution in [0.1, 0.15) is 26.2 Å². The lowest BCUT2D eigenvalue weighted by atomic mass is 9.90. The molecule has 2 saturated heterocycles. The van der Waals surface area contributed by atoms with Crippen LogP contribution < -0.4 is 10.6 Å². The number of carbonyl (C=O) groups is 2. The van der Waals surface area contributed by atoms with Gasteiger partial charge in [0.15, 0.2) is 0 Å². The number of hydrogen-bond acceptors (Lipinski definition) is 6. The van der Waals surface area contributed by atoms with Crippen molar-refractivity contribution in [3.63, 3.8) is 0 Å². The summed E-state index contributed by atoms with van der Waals surface area (Å²) < 4.78 is 10.6. The van der Waals surface area contributed by atoms with Crippen molar-refractivity contribution in [3.8, 4) is 0 Å². The molecule has 0 saturated carbocycles. The third-order valence-electron chi connectivity index (χ3n) is 5.54. The lowest BCUT2D eigenvalue weighted by Gasteiger charge is -2.43. The highest BCUT2D eigenvalue weighted by Crippen LogP contribution is 2.26. The van der Waals surface area contributed by atoms with Crippen molar-refractivity contribution in [1.82, 2.24) is 20.4 Å². The Morgan fingerprint density at radius 3 is 2.25 bits per heavy atom. The normalized spacial score (nSPS) is 20.5. The van der Waals surface area contributed by atoms with Crippen molar-refractivity contribution >= 4 is 36.6 Å². The Morgan fingerprint density at radius 1 is 1.11 bits per heavy atom. The van der Waals surface area contributed by atoms with Gasteiger partial charge in [-0.25, -0.2) is 0 Å². The van der Waals surface area contributed by atoms with Crippen LogP contribution in [0.2, 0.25) is 0 Å². The summed E-state index contributed by atoms with van der Waals surface area (Å²) in [5.41, 5.74) is -0.683. The second kappa shape index (κ2) is 13.6. The van der Waals surface area contributed by atoms with Gasteiger partial charge in [-0.05, 0) is 39.3 Å². The number of carbonyl (C=O) groups excluding carboxylic acids is 2. The Hall–Kier alpha value is -0.640. The third kappa shape index (κ3) is 7.00. The highest BCUT2D eigenvalue weighted by atomic mass is 35.5. The SMILES string of the molecule is COCCCNC(=O)C(C)N1CCN(C(=O)C2(OC)CCNCC2)CC1.Cl.Cl. The highest BCUT2D eigenvalue weighted by Gasteiger charge is 2.43. The van der Waals surface area contributed by atoms with E-state index in [1.807, 2.05) is 11.8 Å². The van der Waals surface area contributed by atoms with E-state index >= 15 is 0 Å². The average Bonchev–Trinajstić information content (AvgIpc) is 2.70. The van der Waals surface area contributed by atoms with Gasteiger partial charge in [-0.2, -0.15) is 0 Å². The lowest BCUT2D eigenvalue weighted by molar-refractivity contribution is -0.160. The molecule has 0 bridgehead atoms. The van der Waals surface area contributed by atoms with Crippen LogP contribution in [-0.4, -0.2) is 99.9 Å². The molecule has 2 fully saturated rings. The first-order chi connectivity index (χ1) is 12.5. The number of piperazine rings is 1. The minimum absolute atomic E-state index is 0. The second-order valence-corrected chi connectivity index (χ2v) is 7.09. The summed E-state index contributed by atoms with van der Waals surface area (Å²) in [6.45, 7) is 7.49. The van der Waals surface area contributed by atoms with E-state index in [2.05, 4.69) is 15.5 Å². The summed E-state index contributed by atoms with van der Waals surface area (Å²) in [5, 5.41) is 6.23. The molecule has 0 aliphatic carbocycles. The number of piperidine rings is 1. The Bertz CT molecular complexity index is 471. The molecule has 2 rings (SSSR count). The van der Waals surface area contributed by atoms with E-state index in [-0.39, 0.29) is 42.7 Å². The summed E-state index contributed by atoms with van der Waals surface area (Å²) in [6.07, 6.45) is 2.23. The van der Waals surface area contributed by atoms with Crippen molar-refractivity contribution < 1.29 is 19.1 Å². The molecule has 166 valence electrons. The zero-order valence-corrected chi connectivity index (χ0v) is 18.8. The van der Waals surface area contributed by atoms with Gasteiger partial charge in [0.05, 0.1) is 6.04 Å². The van der Waals surface area contributed by atoms with E-state index in [0.29, 0.717) is 52.2 Å². The van der Waals surface area contributed by atoms with Crippen molar-refractivity contribution in [2.24, 2.45) is 0 Å². The molecule has 8 nitrogen and oxygen atoms in total. The van der Waals surface area contributed by atoms with Gasteiger partial charge >= 0.3 is 0 Å². The number of methoxy groups -OCH3 is 2. The smallest absolute Gasteiger partial charge is 0.254 e. The number of hydrogen-bond donors (Lipinski definition) is 2. The second-order valence-electron chi connectivity index (χ2n) is 7.09. The lowest BCUT2D eigenvalue weighted by Crippen LogP contribution is -2.61. The molecule has 1 unspecified atom stereocenters. The number of nitrogens with one attached hydrogen (secondary N) is 2. The number of amides is 2. The molecule has 0 aromatic carbocycles. The summed E-state index contributed by atoms with van der Waals surface area (Å²) in [5.74, 6) is 0.130. The molecule has 10 heteroatoms. The molecule has 0 aromatic heterocycles. The molecule has 0 aromatic rings. The van der Waals surface area contributed by atoms with E-state index < -0.39 is 5.60 Å². The van der Waals surface area contributed by atoms with Gasteiger partial charge in [0.2, 0.25) is 5.91 Å². The van der Waals surface area contributed by atoms with Gasteiger partial charge in [-0.3, -0.25) is 14.5 Å². The molecule has 2 amide bonds. The summed E-state index contributed by atoms with van der Waals surface area (Å²) in [7, 11) is 3.29. The maximum absolute atomic E-state index is 13.0. The molecular weight excluding hydrogens is 407 g/mol. The van der Waals surface area contributed by atoms with Crippen LogP contribution in [0.25, 0.3) is 0 Å². The molecule has 0 spiro atoms. The van der Waals surface area contributed by atoms with Crippen molar-refractivity contribution in [3.05, 3.63) is 0 Å². The van der Waals surface area contributed by atoms with Gasteiger partial charge in [0.25, 0.3) is 5.91 Å². The molecule has 2 aliphatic rings. The fourth-order valence-corrected chi connectivity index (χ4v) is 3.68. The first kappa shape index (κ1) is 27.4. The zero-order valence-electron chi connectivity index (χ0n) is 17.2. The third-order valence-corrected chi connectivity index (χ3v) is 5.54. The van der Waals surface area contributed by atoms with Crippen molar-refractivity contribution in [2.45, 2.75) is 37.8 Å². The van der Waals surface area contributed by atoms with Crippen molar-refractivity contribution in [1.29, 1.82) is 0 Å². The Kier molecular flexibility index (Phi) is 13.2. The number of halogens is 2. The highest BCUT2D eigenvalue weighted by molar-refractivity contribution is 5.86. The molecule has 28 heavy (non-hydrogen) atoms. The number of ether oxygens (including phenoxy) is 2. The fraction of sp³-hybridized carbons (Fsp3) is 0.889. The van der Waals surface area contributed by atoms with Gasteiger partial charge in [-0.1, -0.05) is 0 Å². The Morgan fingerprint density at radius 2 is 1.71 bits per heavy atom. The Balaban J connectivity index is 0.00000364.